The third kappa shape index (κ3) is 2.39. The molecule has 2 aromatic heterocycles. The molecule has 0 atom stereocenters. The van der Waals surface area contributed by atoms with Gasteiger partial charge >= 0.3 is 0 Å². The second-order valence-electron chi connectivity index (χ2n) is 4.27. The maximum Gasteiger partial charge on any atom is 0.193 e. The van der Waals surface area contributed by atoms with Crippen LogP contribution in [0.1, 0.15) is 5.69 Å². The summed E-state index contributed by atoms with van der Waals surface area (Å²) >= 11 is 7.23. The lowest BCUT2D eigenvalue weighted by Gasteiger charge is -2.06. The van der Waals surface area contributed by atoms with Gasteiger partial charge in [0.05, 0.1) is 22.0 Å². The van der Waals surface area contributed by atoms with Crippen LogP contribution in [0.15, 0.2) is 40.9 Å². The number of imidazole rings is 1. The van der Waals surface area contributed by atoms with Crippen LogP contribution in [0, 0.1) is 0 Å². The first-order valence-corrected chi connectivity index (χ1v) is 8.55. The number of halogens is 1. The molecule has 5 nitrogen and oxygen atoms in total. The highest BCUT2D eigenvalue weighted by Crippen LogP contribution is 2.25. The third-order valence-corrected chi connectivity index (χ3v) is 5.51. The third-order valence-electron chi connectivity index (χ3n) is 2.79. The van der Waals surface area contributed by atoms with Crippen molar-refractivity contribution in [1.29, 1.82) is 0 Å². The van der Waals surface area contributed by atoms with Crippen LogP contribution < -0.4 is 5.73 Å². The SMILES string of the molecule is Nc1cc(Cl)ccc1S(=O)(=O)Cc1cn2ccsc2n1. The van der Waals surface area contributed by atoms with E-state index < -0.39 is 9.84 Å². The van der Waals surface area contributed by atoms with Crippen molar-refractivity contribution in [1.82, 2.24) is 9.38 Å². The van der Waals surface area contributed by atoms with Gasteiger partial charge in [-0.25, -0.2) is 13.4 Å². The molecule has 0 aliphatic heterocycles. The molecule has 2 N–H and O–H groups in total. The van der Waals surface area contributed by atoms with Gasteiger partial charge in [0.25, 0.3) is 0 Å². The van der Waals surface area contributed by atoms with Crippen LogP contribution in [-0.4, -0.2) is 17.8 Å². The van der Waals surface area contributed by atoms with Gasteiger partial charge in [-0.05, 0) is 18.2 Å². The highest BCUT2D eigenvalue weighted by molar-refractivity contribution is 7.90. The lowest BCUT2D eigenvalue weighted by atomic mass is 10.3. The summed E-state index contributed by atoms with van der Waals surface area (Å²) in [6, 6.07) is 4.36. The Balaban J connectivity index is 1.97. The van der Waals surface area contributed by atoms with Crippen LogP contribution in [0.5, 0.6) is 0 Å². The number of benzene rings is 1. The van der Waals surface area contributed by atoms with Crippen LogP contribution in [0.2, 0.25) is 5.02 Å². The van der Waals surface area contributed by atoms with Crippen LogP contribution in [0.3, 0.4) is 0 Å². The van der Waals surface area contributed by atoms with E-state index >= 15 is 0 Å². The molecule has 0 bridgehead atoms. The molecule has 20 heavy (non-hydrogen) atoms. The first kappa shape index (κ1) is 13.4. The predicted octanol–water partition coefficient (Wildman–Crippen LogP) is 2.61. The molecular formula is C12H10ClN3O2S2. The van der Waals surface area contributed by atoms with E-state index in [4.69, 9.17) is 17.3 Å². The lowest BCUT2D eigenvalue weighted by Crippen LogP contribution is -2.08. The molecular weight excluding hydrogens is 318 g/mol. The molecule has 3 aromatic rings. The van der Waals surface area contributed by atoms with Crippen molar-refractivity contribution < 1.29 is 8.42 Å². The van der Waals surface area contributed by atoms with Crippen molar-refractivity contribution in [2.24, 2.45) is 0 Å². The normalized spacial score (nSPS) is 12.1. The number of nitrogens with two attached hydrogens (primary N) is 1. The zero-order valence-corrected chi connectivity index (χ0v) is 12.5. The van der Waals surface area contributed by atoms with Crippen LogP contribution in [0.4, 0.5) is 5.69 Å². The Labute approximate surface area is 124 Å². The Kier molecular flexibility index (Phi) is 3.19. The summed E-state index contributed by atoms with van der Waals surface area (Å²) in [5, 5.41) is 2.29. The van der Waals surface area contributed by atoms with Gasteiger partial charge in [-0.15, -0.1) is 11.3 Å². The predicted molar refractivity (Wildman–Crippen MR) is 79.8 cm³/mol. The summed E-state index contributed by atoms with van der Waals surface area (Å²) in [4.78, 5) is 5.11. The van der Waals surface area contributed by atoms with E-state index in [0.717, 1.165) is 4.96 Å². The maximum absolute atomic E-state index is 12.4. The summed E-state index contributed by atoms with van der Waals surface area (Å²) < 4.78 is 26.5. The summed E-state index contributed by atoms with van der Waals surface area (Å²) in [6.45, 7) is 0. The highest BCUT2D eigenvalue weighted by Gasteiger charge is 2.20. The van der Waals surface area contributed by atoms with E-state index in [1.165, 1.54) is 29.5 Å². The highest BCUT2D eigenvalue weighted by atomic mass is 35.5. The van der Waals surface area contributed by atoms with E-state index in [-0.39, 0.29) is 16.3 Å². The molecule has 0 unspecified atom stereocenters. The summed E-state index contributed by atoms with van der Waals surface area (Å²) in [7, 11) is -3.54. The van der Waals surface area contributed by atoms with Gasteiger partial charge in [0.1, 0.15) is 0 Å². The summed E-state index contributed by atoms with van der Waals surface area (Å²) in [5.41, 5.74) is 6.37. The summed E-state index contributed by atoms with van der Waals surface area (Å²) in [6.07, 6.45) is 3.54. The molecule has 0 radical (unpaired) electrons. The first-order valence-electron chi connectivity index (χ1n) is 5.64. The molecule has 0 amide bonds. The van der Waals surface area contributed by atoms with E-state index in [2.05, 4.69) is 4.98 Å². The Morgan fingerprint density at radius 2 is 2.20 bits per heavy atom. The topological polar surface area (TPSA) is 77.5 Å². The molecule has 8 heteroatoms. The average Bonchev–Trinajstić information content (AvgIpc) is 2.87. The van der Waals surface area contributed by atoms with E-state index in [9.17, 15) is 8.42 Å². The first-order chi connectivity index (χ1) is 9.45. The van der Waals surface area contributed by atoms with E-state index in [0.29, 0.717) is 10.7 Å². The molecule has 104 valence electrons. The molecule has 3 rings (SSSR count). The smallest absolute Gasteiger partial charge is 0.193 e. The van der Waals surface area contributed by atoms with Gasteiger partial charge in [0.15, 0.2) is 14.8 Å². The fourth-order valence-electron chi connectivity index (χ4n) is 1.92. The zero-order valence-electron chi connectivity index (χ0n) is 10.2. The van der Waals surface area contributed by atoms with Crippen LogP contribution >= 0.6 is 22.9 Å². The summed E-state index contributed by atoms with van der Waals surface area (Å²) in [5.74, 6) is -0.187. The standard InChI is InChI=1S/C12H10ClN3O2S2/c13-8-1-2-11(10(14)5-8)20(17,18)7-9-6-16-3-4-19-12(16)15-9/h1-6H,7,14H2. The Morgan fingerprint density at radius 3 is 2.90 bits per heavy atom. The molecule has 0 spiro atoms. The number of thiazole rings is 1. The molecule has 0 saturated carbocycles. The average molecular weight is 328 g/mol. The van der Waals surface area contributed by atoms with E-state index in [1.54, 1.807) is 10.6 Å². The number of hydrogen-bond acceptors (Lipinski definition) is 5. The minimum atomic E-state index is -3.54. The number of sulfone groups is 1. The van der Waals surface area contributed by atoms with Gasteiger partial charge in [-0.1, -0.05) is 11.6 Å². The second kappa shape index (κ2) is 4.76. The van der Waals surface area contributed by atoms with Crippen molar-refractivity contribution in [2.75, 3.05) is 5.73 Å². The Morgan fingerprint density at radius 1 is 1.40 bits per heavy atom. The molecule has 0 aliphatic carbocycles. The molecule has 0 aliphatic rings. The van der Waals surface area contributed by atoms with Gasteiger partial charge in [-0.2, -0.15) is 0 Å². The number of fused-ring (bicyclic) bond motifs is 1. The van der Waals surface area contributed by atoms with Crippen molar-refractivity contribution >= 4 is 43.4 Å². The minimum absolute atomic E-state index is 0.0817. The van der Waals surface area contributed by atoms with Crippen molar-refractivity contribution in [3.05, 3.63) is 46.7 Å². The number of aromatic nitrogens is 2. The number of anilines is 1. The number of rotatable bonds is 3. The van der Waals surface area contributed by atoms with Gasteiger partial charge in [0.2, 0.25) is 0 Å². The molecule has 1 aromatic carbocycles. The van der Waals surface area contributed by atoms with Crippen molar-refractivity contribution in [2.45, 2.75) is 10.6 Å². The van der Waals surface area contributed by atoms with Crippen molar-refractivity contribution in [3.8, 4) is 0 Å². The van der Waals surface area contributed by atoms with Crippen molar-refractivity contribution in [3.63, 3.8) is 0 Å². The minimum Gasteiger partial charge on any atom is -0.398 e. The Hall–Kier alpha value is -1.57. The van der Waals surface area contributed by atoms with Crippen LogP contribution in [-0.2, 0) is 15.6 Å². The second-order valence-corrected chi connectivity index (χ2v) is 7.53. The number of hydrogen-bond donors (Lipinski definition) is 1. The van der Waals surface area contributed by atoms with E-state index in [1.807, 2.05) is 11.6 Å². The number of nitrogen functional groups attached to an aromatic ring is 1. The monoisotopic (exact) mass is 327 g/mol. The molecule has 2 heterocycles. The van der Waals surface area contributed by atoms with Gasteiger partial charge < -0.3 is 5.73 Å². The molecule has 0 fully saturated rings. The molecule has 0 saturated heterocycles. The Bertz CT molecular complexity index is 855. The zero-order chi connectivity index (χ0) is 14.3. The number of nitrogens with zero attached hydrogens (tertiary/aromatic N) is 2. The van der Waals surface area contributed by atoms with Gasteiger partial charge in [-0.3, -0.25) is 4.40 Å². The maximum atomic E-state index is 12.4. The lowest BCUT2D eigenvalue weighted by molar-refractivity contribution is 0.595. The van der Waals surface area contributed by atoms with Crippen LogP contribution in [0.25, 0.3) is 4.96 Å². The van der Waals surface area contributed by atoms with Gasteiger partial charge in [0, 0.05) is 22.8 Å². The quantitative estimate of drug-likeness (QED) is 0.750. The fourth-order valence-corrected chi connectivity index (χ4v) is 4.20. The largest absolute Gasteiger partial charge is 0.398 e. The fraction of sp³-hybridized carbons (Fsp3) is 0.0833.